The quantitative estimate of drug-likeness (QED) is 0.593. The van der Waals surface area contributed by atoms with E-state index in [1.807, 2.05) is 11.0 Å². The van der Waals surface area contributed by atoms with Gasteiger partial charge in [-0.2, -0.15) is 26.3 Å². The van der Waals surface area contributed by atoms with Gasteiger partial charge in [-0.1, -0.05) is 6.07 Å². The zero-order valence-electron chi connectivity index (χ0n) is 17.6. The molecule has 0 aromatic heterocycles. The number of halogens is 7. The molecular formula is C20H24F7N3O3. The van der Waals surface area contributed by atoms with Crippen molar-refractivity contribution in [2.75, 3.05) is 57.4 Å². The fourth-order valence-electron chi connectivity index (χ4n) is 3.73. The minimum absolute atomic E-state index is 0.113. The summed E-state index contributed by atoms with van der Waals surface area (Å²) < 4.78 is 98.3. The van der Waals surface area contributed by atoms with Gasteiger partial charge < -0.3 is 19.3 Å². The van der Waals surface area contributed by atoms with Crippen molar-refractivity contribution in [3.05, 3.63) is 29.3 Å². The Bertz CT molecular complexity index is 791. The summed E-state index contributed by atoms with van der Waals surface area (Å²) in [6.07, 6.45) is -17.4. The van der Waals surface area contributed by atoms with Gasteiger partial charge in [-0.15, -0.1) is 0 Å². The van der Waals surface area contributed by atoms with Crippen LogP contribution in [-0.2, 0) is 22.7 Å². The van der Waals surface area contributed by atoms with Crippen molar-refractivity contribution in [1.82, 2.24) is 9.80 Å². The van der Waals surface area contributed by atoms with Crippen LogP contribution < -0.4 is 4.90 Å². The van der Waals surface area contributed by atoms with E-state index in [1.54, 1.807) is 12.1 Å². The lowest BCUT2D eigenvalue weighted by Crippen LogP contribution is -2.52. The third-order valence-electron chi connectivity index (χ3n) is 5.55. The van der Waals surface area contributed by atoms with Crippen molar-refractivity contribution >= 4 is 11.8 Å². The fraction of sp³-hybridized carbons (Fsp3) is 0.650. The molecule has 13 heteroatoms. The number of benzene rings is 1. The molecule has 1 aromatic rings. The van der Waals surface area contributed by atoms with Crippen LogP contribution in [-0.4, -0.2) is 86.8 Å². The third-order valence-corrected chi connectivity index (χ3v) is 5.55. The van der Waals surface area contributed by atoms with E-state index >= 15 is 0 Å². The highest BCUT2D eigenvalue weighted by Crippen LogP contribution is 2.36. The summed E-state index contributed by atoms with van der Waals surface area (Å²) in [7, 11) is 0. The summed E-state index contributed by atoms with van der Waals surface area (Å²) in [6.45, 7) is 2.38. The smallest absolute Gasteiger partial charge is 0.426 e. The minimum Gasteiger partial charge on any atom is -0.426 e. The molecule has 2 fully saturated rings. The Labute approximate surface area is 185 Å². The molecule has 0 aliphatic carbocycles. The highest BCUT2D eigenvalue weighted by molar-refractivity contribution is 5.68. The van der Waals surface area contributed by atoms with Gasteiger partial charge in [0.1, 0.15) is 6.67 Å². The molecule has 2 heterocycles. The molecule has 1 aromatic carbocycles. The maximum absolute atomic E-state index is 13.7. The summed E-state index contributed by atoms with van der Waals surface area (Å²) in [5.41, 5.74) is 2.10. The van der Waals surface area contributed by atoms with E-state index in [0.29, 0.717) is 38.4 Å². The molecule has 0 saturated carbocycles. The van der Waals surface area contributed by atoms with E-state index in [2.05, 4.69) is 9.64 Å². The SMILES string of the molecule is O=C(OC(C(F)(F)F)C(F)(F)F)N1CCN(Cc2ccc(N3CCOCC3)cc2CF)CC1. The number of nitrogens with zero attached hydrogens (tertiary/aromatic N) is 3. The summed E-state index contributed by atoms with van der Waals surface area (Å²) in [4.78, 5) is 16.6. The van der Waals surface area contributed by atoms with E-state index in [1.165, 1.54) is 0 Å². The molecule has 2 aliphatic heterocycles. The van der Waals surface area contributed by atoms with Gasteiger partial charge in [0.15, 0.2) is 0 Å². The maximum Gasteiger partial charge on any atom is 0.434 e. The number of hydrogen-bond acceptors (Lipinski definition) is 5. The minimum atomic E-state index is -5.76. The van der Waals surface area contributed by atoms with E-state index < -0.39 is 31.2 Å². The summed E-state index contributed by atoms with van der Waals surface area (Å²) in [6, 6.07) is 5.45. The van der Waals surface area contributed by atoms with Crippen LogP contribution >= 0.6 is 0 Å². The first-order valence-electron chi connectivity index (χ1n) is 10.3. The normalized spacial score (nSPS) is 18.7. The van der Waals surface area contributed by atoms with Crippen LogP contribution in [0.4, 0.5) is 41.2 Å². The lowest BCUT2D eigenvalue weighted by Gasteiger charge is -2.35. The molecule has 2 saturated heterocycles. The first-order chi connectivity index (χ1) is 15.5. The van der Waals surface area contributed by atoms with Gasteiger partial charge in [-0.05, 0) is 23.3 Å². The third kappa shape index (κ3) is 6.62. The van der Waals surface area contributed by atoms with Gasteiger partial charge in [0.25, 0.3) is 6.10 Å². The number of ether oxygens (including phenoxy) is 2. The first-order valence-corrected chi connectivity index (χ1v) is 10.3. The average molecular weight is 487 g/mol. The van der Waals surface area contributed by atoms with Gasteiger partial charge in [-0.25, -0.2) is 9.18 Å². The van der Waals surface area contributed by atoms with Crippen LogP contribution in [0.15, 0.2) is 18.2 Å². The molecule has 33 heavy (non-hydrogen) atoms. The van der Waals surface area contributed by atoms with Crippen molar-refractivity contribution < 1.29 is 45.0 Å². The Hall–Kier alpha value is -2.28. The van der Waals surface area contributed by atoms with Crippen LogP contribution in [0, 0.1) is 0 Å². The lowest BCUT2D eigenvalue weighted by atomic mass is 10.1. The van der Waals surface area contributed by atoms with Crippen molar-refractivity contribution in [3.8, 4) is 0 Å². The largest absolute Gasteiger partial charge is 0.434 e. The predicted octanol–water partition coefficient (Wildman–Crippen LogP) is 3.74. The Morgan fingerprint density at radius 1 is 0.939 bits per heavy atom. The number of piperazine rings is 1. The molecule has 0 bridgehead atoms. The zero-order chi connectivity index (χ0) is 24.2. The Kier molecular flexibility index (Phi) is 7.93. The number of morpholine rings is 1. The molecule has 186 valence electrons. The lowest BCUT2D eigenvalue weighted by molar-refractivity contribution is -0.308. The topological polar surface area (TPSA) is 45.2 Å². The second-order valence-corrected chi connectivity index (χ2v) is 7.80. The van der Waals surface area contributed by atoms with Gasteiger partial charge in [-0.3, -0.25) is 4.90 Å². The van der Waals surface area contributed by atoms with Crippen LogP contribution in [0.25, 0.3) is 0 Å². The molecule has 0 radical (unpaired) electrons. The van der Waals surface area contributed by atoms with Crippen LogP contribution in [0.3, 0.4) is 0 Å². The van der Waals surface area contributed by atoms with Crippen molar-refractivity contribution in [3.63, 3.8) is 0 Å². The second-order valence-electron chi connectivity index (χ2n) is 7.80. The van der Waals surface area contributed by atoms with Gasteiger partial charge >= 0.3 is 18.4 Å². The summed E-state index contributed by atoms with van der Waals surface area (Å²) >= 11 is 0. The Morgan fingerprint density at radius 3 is 2.09 bits per heavy atom. The number of carbonyl (C=O) groups is 1. The molecule has 1 amide bonds. The molecule has 3 rings (SSSR count). The molecule has 0 N–H and O–H groups in total. The fourth-order valence-corrected chi connectivity index (χ4v) is 3.73. The molecular weight excluding hydrogens is 463 g/mol. The number of carbonyl (C=O) groups excluding carboxylic acids is 1. The molecule has 0 atom stereocenters. The van der Waals surface area contributed by atoms with E-state index in [9.17, 15) is 35.5 Å². The standard InChI is InChI=1S/C20H24F7N3O3/c21-12-15-11-16(29-7-9-32-10-8-29)2-1-14(15)13-28-3-5-30(6-4-28)18(31)33-17(19(22,23)24)20(25,26)27/h1-2,11,17H,3-10,12-13H2. The predicted molar refractivity (Wildman–Crippen MR) is 104 cm³/mol. The monoisotopic (exact) mass is 487 g/mol. The second kappa shape index (κ2) is 10.3. The molecule has 6 nitrogen and oxygen atoms in total. The number of anilines is 1. The van der Waals surface area contributed by atoms with E-state index in [4.69, 9.17) is 4.74 Å². The zero-order valence-corrected chi connectivity index (χ0v) is 17.6. The number of alkyl halides is 7. The maximum atomic E-state index is 13.7. The molecule has 2 aliphatic rings. The number of amides is 1. The van der Waals surface area contributed by atoms with Crippen LogP contribution in [0.2, 0.25) is 0 Å². The molecule has 0 unspecified atom stereocenters. The Balaban J connectivity index is 1.56. The van der Waals surface area contributed by atoms with Crippen molar-refractivity contribution in [1.29, 1.82) is 0 Å². The Morgan fingerprint density at radius 2 is 1.55 bits per heavy atom. The van der Waals surface area contributed by atoms with Crippen molar-refractivity contribution in [2.24, 2.45) is 0 Å². The summed E-state index contributed by atoms with van der Waals surface area (Å²) in [5, 5.41) is 0. The number of hydrogen-bond donors (Lipinski definition) is 0. The van der Waals surface area contributed by atoms with Gasteiger partial charge in [0.2, 0.25) is 0 Å². The van der Waals surface area contributed by atoms with E-state index in [0.717, 1.165) is 16.2 Å². The van der Waals surface area contributed by atoms with E-state index in [-0.39, 0.29) is 26.2 Å². The number of rotatable bonds is 5. The average Bonchev–Trinajstić information content (AvgIpc) is 2.77. The van der Waals surface area contributed by atoms with Gasteiger partial charge in [0, 0.05) is 51.5 Å². The van der Waals surface area contributed by atoms with Crippen molar-refractivity contribution in [2.45, 2.75) is 31.7 Å². The first kappa shape index (κ1) is 25.3. The highest BCUT2D eigenvalue weighted by atomic mass is 19.4. The van der Waals surface area contributed by atoms with Crippen LogP contribution in [0.1, 0.15) is 11.1 Å². The van der Waals surface area contributed by atoms with Crippen LogP contribution in [0.5, 0.6) is 0 Å². The van der Waals surface area contributed by atoms with Gasteiger partial charge in [0.05, 0.1) is 13.2 Å². The molecule has 0 spiro atoms. The summed E-state index contributed by atoms with van der Waals surface area (Å²) in [5.74, 6) is 0. The highest BCUT2D eigenvalue weighted by Gasteiger charge is 2.60.